The molecule has 1 heterocycles. The third-order valence-corrected chi connectivity index (χ3v) is 5.10. The second-order valence-corrected chi connectivity index (χ2v) is 6.57. The number of thioether (sulfide) groups is 1. The van der Waals surface area contributed by atoms with Crippen molar-refractivity contribution in [2.24, 2.45) is 0 Å². The molecule has 1 aliphatic rings. The molecule has 1 fully saturated rings. The van der Waals surface area contributed by atoms with Crippen LogP contribution < -0.4 is 5.32 Å². The Morgan fingerprint density at radius 2 is 2.33 bits per heavy atom. The molecular weight excluding hydrogens is 242 g/mol. The summed E-state index contributed by atoms with van der Waals surface area (Å²) in [6, 6.07) is 1.09. The normalized spacial score (nSPS) is 25.5. The van der Waals surface area contributed by atoms with Crippen LogP contribution in [0.15, 0.2) is 12.4 Å². The van der Waals surface area contributed by atoms with Gasteiger partial charge in [0.25, 0.3) is 0 Å². The van der Waals surface area contributed by atoms with Crippen LogP contribution in [0, 0.1) is 0 Å². The lowest BCUT2D eigenvalue weighted by Gasteiger charge is -2.24. The molecule has 0 spiro atoms. The molecule has 0 amide bonds. The maximum atomic E-state index is 4.36. The Morgan fingerprint density at radius 3 is 3.00 bits per heavy atom. The van der Waals surface area contributed by atoms with Crippen LogP contribution >= 0.6 is 11.8 Å². The molecular formula is C14H25N3S. The van der Waals surface area contributed by atoms with Crippen molar-refractivity contribution >= 4 is 11.8 Å². The summed E-state index contributed by atoms with van der Waals surface area (Å²) in [5.74, 6) is 1.23. The molecule has 2 rings (SSSR count). The first-order valence-electron chi connectivity index (χ1n) is 7.14. The minimum atomic E-state index is 0.411. The van der Waals surface area contributed by atoms with Gasteiger partial charge in [-0.3, -0.25) is 4.68 Å². The molecule has 1 N–H and O–H groups in total. The fourth-order valence-corrected chi connectivity index (χ4v) is 3.93. The summed E-state index contributed by atoms with van der Waals surface area (Å²) >= 11 is 2.11. The zero-order valence-electron chi connectivity index (χ0n) is 11.7. The molecule has 1 aliphatic carbocycles. The van der Waals surface area contributed by atoms with Crippen molar-refractivity contribution in [1.82, 2.24) is 15.1 Å². The van der Waals surface area contributed by atoms with Gasteiger partial charge < -0.3 is 5.32 Å². The highest BCUT2D eigenvalue weighted by Crippen LogP contribution is 2.31. The number of aromatic nitrogens is 2. The van der Waals surface area contributed by atoms with E-state index in [2.05, 4.69) is 49.1 Å². The lowest BCUT2D eigenvalue weighted by atomic mass is 10.1. The highest BCUT2D eigenvalue weighted by Gasteiger charge is 2.28. The first-order chi connectivity index (χ1) is 8.74. The van der Waals surface area contributed by atoms with Crippen molar-refractivity contribution in [2.45, 2.75) is 63.9 Å². The summed E-state index contributed by atoms with van der Waals surface area (Å²) in [7, 11) is 0. The third kappa shape index (κ3) is 3.29. The van der Waals surface area contributed by atoms with Crippen LogP contribution in [0.25, 0.3) is 0 Å². The second kappa shape index (κ2) is 6.62. The van der Waals surface area contributed by atoms with E-state index < -0.39 is 0 Å². The van der Waals surface area contributed by atoms with E-state index in [0.717, 1.165) is 11.8 Å². The summed E-state index contributed by atoms with van der Waals surface area (Å²) in [5, 5.41) is 8.95. The molecule has 0 aliphatic heterocycles. The van der Waals surface area contributed by atoms with Crippen molar-refractivity contribution in [3.05, 3.63) is 18.0 Å². The van der Waals surface area contributed by atoms with Gasteiger partial charge in [-0.1, -0.05) is 13.3 Å². The summed E-state index contributed by atoms with van der Waals surface area (Å²) in [6.45, 7) is 7.59. The molecule has 18 heavy (non-hydrogen) atoms. The molecule has 1 aromatic rings. The third-order valence-electron chi connectivity index (χ3n) is 3.77. The topological polar surface area (TPSA) is 29.9 Å². The van der Waals surface area contributed by atoms with Gasteiger partial charge in [0.1, 0.15) is 0 Å². The van der Waals surface area contributed by atoms with Crippen LogP contribution in [0.1, 0.15) is 51.6 Å². The van der Waals surface area contributed by atoms with Crippen LogP contribution in [0.4, 0.5) is 0 Å². The summed E-state index contributed by atoms with van der Waals surface area (Å²) in [4.78, 5) is 0. The average Bonchev–Trinajstić information content (AvgIpc) is 2.99. The molecule has 0 radical (unpaired) electrons. The van der Waals surface area contributed by atoms with Gasteiger partial charge >= 0.3 is 0 Å². The number of aryl methyl sites for hydroxylation is 1. The Bertz CT molecular complexity index is 364. The number of hydrogen-bond donors (Lipinski definition) is 1. The molecule has 0 saturated heterocycles. The first kappa shape index (κ1) is 13.9. The molecule has 1 aromatic heterocycles. The number of rotatable bonds is 6. The minimum Gasteiger partial charge on any atom is -0.306 e. The summed E-state index contributed by atoms with van der Waals surface area (Å²) in [6.07, 6.45) is 8.23. The van der Waals surface area contributed by atoms with E-state index in [-0.39, 0.29) is 0 Å². The highest BCUT2D eigenvalue weighted by molar-refractivity contribution is 7.99. The van der Waals surface area contributed by atoms with E-state index in [1.54, 1.807) is 0 Å². The Hall–Kier alpha value is -0.480. The van der Waals surface area contributed by atoms with Gasteiger partial charge in [0, 0.05) is 35.6 Å². The van der Waals surface area contributed by atoms with Crippen molar-refractivity contribution < 1.29 is 0 Å². The Balaban J connectivity index is 1.91. The average molecular weight is 267 g/mol. The molecule has 4 heteroatoms. The molecule has 0 bridgehead atoms. The van der Waals surface area contributed by atoms with Crippen molar-refractivity contribution in [2.75, 3.05) is 5.75 Å². The van der Waals surface area contributed by atoms with Gasteiger partial charge in [0.05, 0.1) is 6.20 Å². The standard InChI is InChI=1S/C14H25N3S/c1-4-17-10-12(9-15-17)11(3)16-13-7-6-8-14(13)18-5-2/h9-11,13-14,16H,4-8H2,1-3H3. The van der Waals surface area contributed by atoms with Gasteiger partial charge in [0.2, 0.25) is 0 Å². The molecule has 3 atom stereocenters. The van der Waals surface area contributed by atoms with Gasteiger partial charge in [-0.2, -0.15) is 16.9 Å². The number of hydrogen-bond acceptors (Lipinski definition) is 3. The van der Waals surface area contributed by atoms with Crippen LogP contribution in [-0.2, 0) is 6.54 Å². The predicted molar refractivity (Wildman–Crippen MR) is 79.0 cm³/mol. The quantitative estimate of drug-likeness (QED) is 0.858. The van der Waals surface area contributed by atoms with E-state index in [4.69, 9.17) is 0 Å². The minimum absolute atomic E-state index is 0.411. The van der Waals surface area contributed by atoms with Gasteiger partial charge in [-0.25, -0.2) is 0 Å². The van der Waals surface area contributed by atoms with Crippen molar-refractivity contribution in [1.29, 1.82) is 0 Å². The molecule has 1 saturated carbocycles. The maximum Gasteiger partial charge on any atom is 0.0537 e. The lowest BCUT2D eigenvalue weighted by Crippen LogP contribution is -2.36. The Labute approximate surface area is 115 Å². The second-order valence-electron chi connectivity index (χ2n) is 5.05. The number of nitrogens with one attached hydrogen (secondary N) is 1. The van der Waals surface area contributed by atoms with E-state index in [1.807, 2.05) is 10.9 Å². The largest absolute Gasteiger partial charge is 0.306 e. The van der Waals surface area contributed by atoms with E-state index in [0.29, 0.717) is 12.1 Å². The highest BCUT2D eigenvalue weighted by atomic mass is 32.2. The predicted octanol–water partition coefficient (Wildman–Crippen LogP) is 3.23. The van der Waals surface area contributed by atoms with Gasteiger partial charge in [-0.05, 0) is 32.4 Å². The van der Waals surface area contributed by atoms with Crippen LogP contribution in [0.5, 0.6) is 0 Å². The summed E-state index contributed by atoms with van der Waals surface area (Å²) < 4.78 is 2.00. The van der Waals surface area contributed by atoms with E-state index in [1.165, 1.54) is 30.6 Å². The fraction of sp³-hybridized carbons (Fsp3) is 0.786. The first-order valence-corrected chi connectivity index (χ1v) is 8.19. The van der Waals surface area contributed by atoms with E-state index in [9.17, 15) is 0 Å². The SMILES string of the molecule is CCSC1CCCC1NC(C)c1cnn(CC)c1. The van der Waals surface area contributed by atoms with Crippen molar-refractivity contribution in [3.63, 3.8) is 0 Å². The van der Waals surface area contributed by atoms with Gasteiger partial charge in [-0.15, -0.1) is 0 Å². The monoisotopic (exact) mass is 267 g/mol. The smallest absolute Gasteiger partial charge is 0.0537 e. The lowest BCUT2D eigenvalue weighted by molar-refractivity contribution is 0.467. The molecule has 3 nitrogen and oxygen atoms in total. The zero-order chi connectivity index (χ0) is 13.0. The Morgan fingerprint density at radius 1 is 1.50 bits per heavy atom. The number of nitrogens with zero attached hydrogens (tertiary/aromatic N) is 2. The maximum absolute atomic E-state index is 4.36. The van der Waals surface area contributed by atoms with Gasteiger partial charge in [0.15, 0.2) is 0 Å². The van der Waals surface area contributed by atoms with Crippen LogP contribution in [0.2, 0.25) is 0 Å². The summed E-state index contributed by atoms with van der Waals surface area (Å²) in [5.41, 5.74) is 1.31. The van der Waals surface area contributed by atoms with Crippen LogP contribution in [-0.4, -0.2) is 26.8 Å². The zero-order valence-corrected chi connectivity index (χ0v) is 12.5. The molecule has 0 aromatic carbocycles. The molecule has 3 unspecified atom stereocenters. The van der Waals surface area contributed by atoms with Crippen molar-refractivity contribution in [3.8, 4) is 0 Å². The van der Waals surface area contributed by atoms with Crippen LogP contribution in [0.3, 0.4) is 0 Å². The molecule has 102 valence electrons. The Kier molecular flexibility index (Phi) is 5.13. The fourth-order valence-electron chi connectivity index (χ4n) is 2.72. The van der Waals surface area contributed by atoms with E-state index >= 15 is 0 Å².